The van der Waals surface area contributed by atoms with Crippen molar-refractivity contribution in [2.24, 2.45) is 0 Å². The number of benzene rings is 2. The van der Waals surface area contributed by atoms with Gasteiger partial charge in [0.25, 0.3) is 0 Å². The van der Waals surface area contributed by atoms with Crippen LogP contribution in [0.5, 0.6) is 5.75 Å². The van der Waals surface area contributed by atoms with Crippen molar-refractivity contribution in [3.63, 3.8) is 0 Å². The zero-order chi connectivity index (χ0) is 15.0. The third kappa shape index (κ3) is 2.23. The van der Waals surface area contributed by atoms with E-state index >= 15 is 0 Å². The number of methoxy groups -OCH3 is 1. The first-order valence-corrected chi connectivity index (χ1v) is 6.38. The van der Waals surface area contributed by atoms with Gasteiger partial charge in [-0.1, -0.05) is 12.1 Å². The number of aryl methyl sites for hydroxylation is 1. The molecular formula is C16H13NO4. The second kappa shape index (κ2) is 4.94. The number of phenolic OH excluding ortho intramolecular Hbond substituents is 1. The van der Waals surface area contributed by atoms with Gasteiger partial charge in [-0.2, -0.15) is 0 Å². The monoisotopic (exact) mass is 283 g/mol. The van der Waals surface area contributed by atoms with E-state index in [-0.39, 0.29) is 11.6 Å². The topological polar surface area (TPSA) is 72.6 Å². The van der Waals surface area contributed by atoms with Crippen LogP contribution in [0.3, 0.4) is 0 Å². The normalized spacial score (nSPS) is 10.8. The van der Waals surface area contributed by atoms with Crippen molar-refractivity contribution >= 4 is 17.1 Å². The summed E-state index contributed by atoms with van der Waals surface area (Å²) in [7, 11) is 1.31. The van der Waals surface area contributed by atoms with E-state index in [1.165, 1.54) is 7.11 Å². The fourth-order valence-corrected chi connectivity index (χ4v) is 2.16. The first-order chi connectivity index (χ1) is 10.1. The molecule has 5 nitrogen and oxygen atoms in total. The predicted molar refractivity (Wildman–Crippen MR) is 77.2 cm³/mol. The summed E-state index contributed by atoms with van der Waals surface area (Å²) in [5.74, 6) is -0.131. The summed E-state index contributed by atoms with van der Waals surface area (Å²) in [4.78, 5) is 16.0. The van der Waals surface area contributed by atoms with Crippen LogP contribution in [0.1, 0.15) is 15.9 Å². The van der Waals surface area contributed by atoms with Crippen molar-refractivity contribution in [1.82, 2.24) is 4.98 Å². The van der Waals surface area contributed by atoms with Gasteiger partial charge < -0.3 is 14.3 Å². The minimum absolute atomic E-state index is 0.0844. The average Bonchev–Trinajstić information content (AvgIpc) is 2.89. The maximum Gasteiger partial charge on any atom is 0.340 e. The highest BCUT2D eigenvalue weighted by molar-refractivity contribution is 6.01. The van der Waals surface area contributed by atoms with Crippen LogP contribution in [0.25, 0.3) is 22.6 Å². The van der Waals surface area contributed by atoms with Crippen molar-refractivity contribution in [3.05, 3.63) is 47.5 Å². The number of hydrogen-bond donors (Lipinski definition) is 1. The van der Waals surface area contributed by atoms with Crippen LogP contribution in [0.15, 0.2) is 40.8 Å². The molecule has 0 saturated heterocycles. The zero-order valence-electron chi connectivity index (χ0n) is 11.6. The molecule has 5 heteroatoms. The molecule has 3 rings (SSSR count). The molecular weight excluding hydrogens is 270 g/mol. The Morgan fingerprint density at radius 3 is 2.81 bits per heavy atom. The SMILES string of the molecule is COC(=O)c1cccc2oc(-c3ccc(C)cc3O)nc12. The average molecular weight is 283 g/mol. The van der Waals surface area contributed by atoms with Gasteiger partial charge in [0.2, 0.25) is 5.89 Å². The van der Waals surface area contributed by atoms with Crippen LogP contribution >= 0.6 is 0 Å². The molecule has 1 N–H and O–H groups in total. The number of hydrogen-bond acceptors (Lipinski definition) is 5. The highest BCUT2D eigenvalue weighted by Crippen LogP contribution is 2.32. The van der Waals surface area contributed by atoms with Crippen molar-refractivity contribution in [2.45, 2.75) is 6.92 Å². The number of aromatic hydroxyl groups is 1. The summed E-state index contributed by atoms with van der Waals surface area (Å²) in [6.45, 7) is 1.88. The van der Waals surface area contributed by atoms with Crippen LogP contribution < -0.4 is 0 Å². The van der Waals surface area contributed by atoms with Crippen molar-refractivity contribution in [3.8, 4) is 17.2 Å². The lowest BCUT2D eigenvalue weighted by molar-refractivity contribution is 0.0602. The number of carbonyl (C=O) groups is 1. The van der Waals surface area contributed by atoms with E-state index in [4.69, 9.17) is 9.15 Å². The quantitative estimate of drug-likeness (QED) is 0.730. The molecule has 0 fully saturated rings. The molecule has 0 aliphatic carbocycles. The molecule has 0 aliphatic heterocycles. The third-order valence-electron chi connectivity index (χ3n) is 3.21. The minimum Gasteiger partial charge on any atom is -0.507 e. The molecule has 0 amide bonds. The first-order valence-electron chi connectivity index (χ1n) is 6.38. The van der Waals surface area contributed by atoms with E-state index in [0.717, 1.165) is 5.56 Å². The molecule has 106 valence electrons. The lowest BCUT2D eigenvalue weighted by Gasteiger charge is -2.00. The Hall–Kier alpha value is -2.82. The van der Waals surface area contributed by atoms with Gasteiger partial charge in [0.05, 0.1) is 18.2 Å². The lowest BCUT2D eigenvalue weighted by Crippen LogP contribution is -2.01. The Morgan fingerprint density at radius 2 is 2.10 bits per heavy atom. The van der Waals surface area contributed by atoms with E-state index in [1.54, 1.807) is 30.3 Å². The highest BCUT2D eigenvalue weighted by Gasteiger charge is 2.17. The maximum absolute atomic E-state index is 11.7. The maximum atomic E-state index is 11.7. The van der Waals surface area contributed by atoms with E-state index in [9.17, 15) is 9.90 Å². The number of aromatic nitrogens is 1. The Kier molecular flexibility index (Phi) is 3.10. The molecule has 0 bridgehead atoms. The van der Waals surface area contributed by atoms with Gasteiger partial charge in [-0.05, 0) is 36.8 Å². The summed E-state index contributed by atoms with van der Waals surface area (Å²) in [5.41, 5.74) is 2.62. The number of rotatable bonds is 2. The largest absolute Gasteiger partial charge is 0.507 e. The Balaban J connectivity index is 2.19. The van der Waals surface area contributed by atoms with Gasteiger partial charge in [0.1, 0.15) is 11.3 Å². The van der Waals surface area contributed by atoms with E-state index in [1.807, 2.05) is 13.0 Å². The minimum atomic E-state index is -0.478. The number of oxazole rings is 1. The molecule has 0 atom stereocenters. The fourth-order valence-electron chi connectivity index (χ4n) is 2.16. The van der Waals surface area contributed by atoms with Gasteiger partial charge in [0, 0.05) is 0 Å². The van der Waals surface area contributed by atoms with Crippen molar-refractivity contribution < 1.29 is 19.1 Å². The Labute approximate surface area is 120 Å². The fraction of sp³-hybridized carbons (Fsp3) is 0.125. The Bertz CT molecular complexity index is 835. The van der Waals surface area contributed by atoms with E-state index in [0.29, 0.717) is 22.2 Å². The van der Waals surface area contributed by atoms with Crippen LogP contribution in [-0.4, -0.2) is 23.2 Å². The summed E-state index contributed by atoms with van der Waals surface area (Å²) in [5, 5.41) is 10.0. The predicted octanol–water partition coefficient (Wildman–Crippen LogP) is 3.30. The number of ether oxygens (including phenoxy) is 1. The molecule has 3 aromatic rings. The first kappa shape index (κ1) is 13.2. The molecule has 21 heavy (non-hydrogen) atoms. The second-order valence-electron chi connectivity index (χ2n) is 4.68. The van der Waals surface area contributed by atoms with Crippen LogP contribution in [0.4, 0.5) is 0 Å². The summed E-state index contributed by atoms with van der Waals surface area (Å²) in [6, 6.07) is 10.2. The summed E-state index contributed by atoms with van der Waals surface area (Å²) >= 11 is 0. The van der Waals surface area contributed by atoms with Crippen LogP contribution in [0, 0.1) is 6.92 Å². The molecule has 0 unspecified atom stereocenters. The Morgan fingerprint density at radius 1 is 1.29 bits per heavy atom. The molecule has 2 aromatic carbocycles. The molecule has 0 saturated carbocycles. The number of fused-ring (bicyclic) bond motifs is 1. The summed E-state index contributed by atoms with van der Waals surface area (Å²) < 4.78 is 10.4. The third-order valence-corrected chi connectivity index (χ3v) is 3.21. The zero-order valence-corrected chi connectivity index (χ0v) is 11.6. The summed E-state index contributed by atoms with van der Waals surface area (Å²) in [6.07, 6.45) is 0. The lowest BCUT2D eigenvalue weighted by atomic mass is 10.1. The van der Waals surface area contributed by atoms with E-state index in [2.05, 4.69) is 4.98 Å². The van der Waals surface area contributed by atoms with Gasteiger partial charge in [-0.25, -0.2) is 9.78 Å². The molecule has 1 heterocycles. The van der Waals surface area contributed by atoms with Crippen LogP contribution in [0.2, 0.25) is 0 Å². The number of esters is 1. The molecule has 0 spiro atoms. The highest BCUT2D eigenvalue weighted by atomic mass is 16.5. The van der Waals surface area contributed by atoms with Gasteiger partial charge in [-0.15, -0.1) is 0 Å². The van der Waals surface area contributed by atoms with Crippen molar-refractivity contribution in [1.29, 1.82) is 0 Å². The van der Waals surface area contributed by atoms with Gasteiger partial charge in [0.15, 0.2) is 5.58 Å². The van der Waals surface area contributed by atoms with E-state index < -0.39 is 5.97 Å². The molecule has 0 radical (unpaired) electrons. The smallest absolute Gasteiger partial charge is 0.340 e. The number of nitrogens with zero attached hydrogens (tertiary/aromatic N) is 1. The molecule has 1 aromatic heterocycles. The molecule has 0 aliphatic rings. The second-order valence-corrected chi connectivity index (χ2v) is 4.68. The van der Waals surface area contributed by atoms with Crippen LogP contribution in [-0.2, 0) is 4.74 Å². The number of para-hydroxylation sites is 1. The van der Waals surface area contributed by atoms with Crippen molar-refractivity contribution in [2.75, 3.05) is 7.11 Å². The number of phenols is 1. The van der Waals surface area contributed by atoms with Gasteiger partial charge >= 0.3 is 5.97 Å². The number of carbonyl (C=O) groups excluding carboxylic acids is 1. The van der Waals surface area contributed by atoms with Gasteiger partial charge in [-0.3, -0.25) is 0 Å². The standard InChI is InChI=1S/C16H13NO4/c1-9-6-7-10(12(18)8-9)15-17-14-11(16(19)20-2)4-3-5-13(14)21-15/h3-8,18H,1-2H3.